The van der Waals surface area contributed by atoms with Gasteiger partial charge in [0, 0.05) is 12.1 Å². The second kappa shape index (κ2) is 9.98. The number of rotatable bonds is 10. The fraction of sp³-hybridized carbons (Fsp3) is 0.440. The van der Waals surface area contributed by atoms with Crippen LogP contribution in [0.5, 0.6) is 0 Å². The monoisotopic (exact) mass is 411 g/mol. The molecule has 0 fully saturated rings. The molecule has 0 spiro atoms. The smallest absolute Gasteiger partial charge is 0.320 e. The first-order chi connectivity index (χ1) is 14.5. The lowest BCUT2D eigenvalue weighted by atomic mass is 9.79. The standard InChI is InChI=1S/C25H30FNO3/c1-3-27(18-19-10-6-5-7-11-19)15-9-8-14-25(24(29)30-4-2)17-20-16-21(26)12-13-22(20)23(25)28/h5-7,10-13,16H,3-4,8-9,14-15,17-18H2,1-2H3. The van der Waals surface area contributed by atoms with Crippen molar-refractivity contribution in [1.82, 2.24) is 4.90 Å². The zero-order valence-corrected chi connectivity index (χ0v) is 17.8. The van der Waals surface area contributed by atoms with E-state index in [9.17, 15) is 14.0 Å². The van der Waals surface area contributed by atoms with Gasteiger partial charge in [0.05, 0.1) is 6.61 Å². The van der Waals surface area contributed by atoms with Gasteiger partial charge in [-0.3, -0.25) is 14.5 Å². The van der Waals surface area contributed by atoms with Crippen molar-refractivity contribution in [1.29, 1.82) is 0 Å². The summed E-state index contributed by atoms with van der Waals surface area (Å²) in [5, 5.41) is 0. The molecule has 3 rings (SSSR count). The van der Waals surface area contributed by atoms with Crippen molar-refractivity contribution < 1.29 is 18.7 Å². The molecule has 0 bridgehead atoms. The number of hydrogen-bond donors (Lipinski definition) is 0. The van der Waals surface area contributed by atoms with E-state index in [1.807, 2.05) is 18.2 Å². The van der Waals surface area contributed by atoms with Crippen LogP contribution in [0.2, 0.25) is 0 Å². The Morgan fingerprint density at radius 1 is 1.13 bits per heavy atom. The molecule has 0 saturated heterocycles. The van der Waals surface area contributed by atoms with Crippen LogP contribution >= 0.6 is 0 Å². The number of nitrogens with zero attached hydrogens (tertiary/aromatic N) is 1. The number of carbonyl (C=O) groups is 2. The molecular weight excluding hydrogens is 381 g/mol. The lowest BCUT2D eigenvalue weighted by molar-refractivity contribution is -0.152. The Bertz CT molecular complexity index is 883. The van der Waals surface area contributed by atoms with Gasteiger partial charge in [0.15, 0.2) is 5.78 Å². The maximum atomic E-state index is 13.7. The van der Waals surface area contributed by atoms with Crippen molar-refractivity contribution in [2.75, 3.05) is 19.7 Å². The number of benzene rings is 2. The van der Waals surface area contributed by atoms with Crippen LogP contribution in [-0.4, -0.2) is 36.3 Å². The summed E-state index contributed by atoms with van der Waals surface area (Å²) in [5.41, 5.74) is 1.10. The van der Waals surface area contributed by atoms with E-state index in [4.69, 9.17) is 4.74 Å². The molecule has 0 radical (unpaired) electrons. The topological polar surface area (TPSA) is 46.6 Å². The molecule has 30 heavy (non-hydrogen) atoms. The average Bonchev–Trinajstić information content (AvgIpc) is 3.03. The molecule has 0 heterocycles. The quantitative estimate of drug-likeness (QED) is 0.320. The minimum Gasteiger partial charge on any atom is -0.465 e. The molecular formula is C25H30FNO3. The second-order valence-corrected chi connectivity index (χ2v) is 7.92. The van der Waals surface area contributed by atoms with Crippen LogP contribution in [0.4, 0.5) is 4.39 Å². The molecule has 0 aliphatic heterocycles. The van der Waals surface area contributed by atoms with Gasteiger partial charge in [0.25, 0.3) is 0 Å². The van der Waals surface area contributed by atoms with E-state index in [1.165, 1.54) is 23.8 Å². The van der Waals surface area contributed by atoms with E-state index >= 15 is 0 Å². The Hall–Kier alpha value is -2.53. The van der Waals surface area contributed by atoms with Gasteiger partial charge in [-0.1, -0.05) is 43.7 Å². The van der Waals surface area contributed by atoms with Gasteiger partial charge in [-0.2, -0.15) is 0 Å². The summed E-state index contributed by atoms with van der Waals surface area (Å²) in [6.07, 6.45) is 2.25. The minimum absolute atomic E-state index is 0.221. The number of halogens is 1. The van der Waals surface area contributed by atoms with Crippen molar-refractivity contribution in [3.05, 3.63) is 71.0 Å². The number of ketones is 1. The van der Waals surface area contributed by atoms with Crippen LogP contribution in [0, 0.1) is 11.2 Å². The Kier molecular flexibility index (Phi) is 7.38. The molecule has 1 atom stereocenters. The summed E-state index contributed by atoms with van der Waals surface area (Å²) in [6.45, 7) is 6.79. The highest BCUT2D eigenvalue weighted by molar-refractivity contribution is 6.16. The minimum atomic E-state index is -1.22. The van der Waals surface area contributed by atoms with E-state index in [0.717, 1.165) is 32.5 Å². The summed E-state index contributed by atoms with van der Waals surface area (Å²) in [6, 6.07) is 14.5. The Labute approximate surface area is 178 Å². The van der Waals surface area contributed by atoms with Gasteiger partial charge in [0.1, 0.15) is 11.2 Å². The van der Waals surface area contributed by atoms with Crippen molar-refractivity contribution in [2.45, 2.75) is 46.1 Å². The van der Waals surface area contributed by atoms with E-state index in [0.29, 0.717) is 17.5 Å². The zero-order chi connectivity index (χ0) is 21.6. The molecule has 160 valence electrons. The predicted molar refractivity (Wildman–Crippen MR) is 115 cm³/mol. The van der Waals surface area contributed by atoms with Crippen molar-refractivity contribution in [3.8, 4) is 0 Å². The van der Waals surface area contributed by atoms with Crippen LogP contribution in [-0.2, 0) is 22.5 Å². The third-order valence-corrected chi connectivity index (χ3v) is 5.93. The molecule has 2 aromatic rings. The Morgan fingerprint density at radius 3 is 2.60 bits per heavy atom. The summed E-state index contributed by atoms with van der Waals surface area (Å²) >= 11 is 0. The van der Waals surface area contributed by atoms with Gasteiger partial charge >= 0.3 is 5.97 Å². The van der Waals surface area contributed by atoms with Crippen molar-refractivity contribution in [3.63, 3.8) is 0 Å². The van der Waals surface area contributed by atoms with Crippen LogP contribution in [0.3, 0.4) is 0 Å². The summed E-state index contributed by atoms with van der Waals surface area (Å²) in [5.74, 6) is -1.10. The highest BCUT2D eigenvalue weighted by atomic mass is 19.1. The first kappa shape index (κ1) is 22.2. The number of Topliss-reactive ketones (excluding diaryl/α,β-unsaturated/α-hetero) is 1. The third kappa shape index (κ3) is 4.78. The fourth-order valence-corrected chi connectivity index (χ4v) is 4.28. The van der Waals surface area contributed by atoms with Gasteiger partial charge in [-0.15, -0.1) is 0 Å². The highest BCUT2D eigenvalue weighted by Crippen LogP contribution is 2.42. The van der Waals surface area contributed by atoms with Crippen molar-refractivity contribution >= 4 is 11.8 Å². The van der Waals surface area contributed by atoms with E-state index in [2.05, 4.69) is 24.0 Å². The average molecular weight is 412 g/mol. The van der Waals surface area contributed by atoms with Crippen LogP contribution in [0.25, 0.3) is 0 Å². The van der Waals surface area contributed by atoms with Gasteiger partial charge < -0.3 is 4.74 Å². The normalized spacial score (nSPS) is 17.9. The molecule has 1 aliphatic carbocycles. The van der Waals surface area contributed by atoms with Crippen LogP contribution < -0.4 is 0 Å². The first-order valence-corrected chi connectivity index (χ1v) is 10.8. The van der Waals surface area contributed by atoms with Gasteiger partial charge in [-0.25, -0.2) is 4.39 Å². The fourth-order valence-electron chi connectivity index (χ4n) is 4.28. The molecule has 0 saturated carbocycles. The second-order valence-electron chi connectivity index (χ2n) is 7.92. The van der Waals surface area contributed by atoms with E-state index in [-0.39, 0.29) is 24.6 Å². The highest BCUT2D eigenvalue weighted by Gasteiger charge is 2.52. The molecule has 5 heteroatoms. The number of esters is 1. The molecule has 4 nitrogen and oxygen atoms in total. The molecule has 0 N–H and O–H groups in total. The molecule has 2 aromatic carbocycles. The summed E-state index contributed by atoms with van der Waals surface area (Å²) in [7, 11) is 0. The maximum absolute atomic E-state index is 13.7. The molecule has 1 aliphatic rings. The number of hydrogen-bond acceptors (Lipinski definition) is 4. The largest absolute Gasteiger partial charge is 0.465 e. The number of unbranched alkanes of at least 4 members (excludes halogenated alkanes) is 1. The Balaban J connectivity index is 1.64. The first-order valence-electron chi connectivity index (χ1n) is 10.8. The Morgan fingerprint density at radius 2 is 1.90 bits per heavy atom. The van der Waals surface area contributed by atoms with Crippen LogP contribution in [0.1, 0.15) is 54.6 Å². The summed E-state index contributed by atoms with van der Waals surface area (Å²) < 4.78 is 18.9. The van der Waals surface area contributed by atoms with Crippen molar-refractivity contribution in [2.24, 2.45) is 5.41 Å². The molecule has 0 amide bonds. The van der Waals surface area contributed by atoms with Gasteiger partial charge in [-0.05, 0) is 68.6 Å². The number of fused-ring (bicyclic) bond motifs is 1. The molecule has 0 aromatic heterocycles. The van der Waals surface area contributed by atoms with Gasteiger partial charge in [0.2, 0.25) is 0 Å². The lowest BCUT2D eigenvalue weighted by Crippen LogP contribution is -2.39. The zero-order valence-electron chi connectivity index (χ0n) is 17.8. The lowest BCUT2D eigenvalue weighted by Gasteiger charge is -2.26. The molecule has 1 unspecified atom stereocenters. The number of ether oxygens (including phenoxy) is 1. The maximum Gasteiger partial charge on any atom is 0.320 e. The number of carbonyl (C=O) groups excluding carboxylic acids is 2. The predicted octanol–water partition coefficient (Wildman–Crippen LogP) is 4.81. The van der Waals surface area contributed by atoms with E-state index < -0.39 is 11.4 Å². The van der Waals surface area contributed by atoms with Crippen LogP contribution in [0.15, 0.2) is 48.5 Å². The van der Waals surface area contributed by atoms with E-state index in [1.54, 1.807) is 6.92 Å². The summed E-state index contributed by atoms with van der Waals surface area (Å²) in [4.78, 5) is 28.3. The third-order valence-electron chi connectivity index (χ3n) is 5.93. The SMILES string of the molecule is CCOC(=O)C1(CCCCN(CC)Cc2ccccc2)Cc2cc(F)ccc2C1=O.